The van der Waals surface area contributed by atoms with E-state index in [9.17, 15) is 9.59 Å². The third kappa shape index (κ3) is 5.64. The van der Waals surface area contributed by atoms with E-state index in [4.69, 9.17) is 9.47 Å². The van der Waals surface area contributed by atoms with Crippen molar-refractivity contribution >= 4 is 33.9 Å². The number of amides is 1. The zero-order chi connectivity index (χ0) is 24.9. The quantitative estimate of drug-likeness (QED) is 0.536. The summed E-state index contributed by atoms with van der Waals surface area (Å²) in [5.74, 6) is 1.08. The van der Waals surface area contributed by atoms with E-state index in [0.29, 0.717) is 29.7 Å². The lowest BCUT2D eigenvalue weighted by atomic mass is 9.88. The normalized spacial score (nSPS) is 19.1. The van der Waals surface area contributed by atoms with Crippen molar-refractivity contribution in [3.05, 3.63) is 40.3 Å². The Morgan fingerprint density at radius 1 is 1.14 bits per heavy atom. The van der Waals surface area contributed by atoms with E-state index in [1.54, 1.807) is 11.3 Å². The Balaban J connectivity index is 1.43. The van der Waals surface area contributed by atoms with Crippen LogP contribution < -0.4 is 15.0 Å². The minimum atomic E-state index is -0.330. The van der Waals surface area contributed by atoms with Gasteiger partial charge in [-0.3, -0.25) is 9.69 Å². The molecule has 0 saturated carbocycles. The van der Waals surface area contributed by atoms with E-state index in [1.807, 2.05) is 39.0 Å². The second-order valence-corrected chi connectivity index (χ2v) is 10.5. The summed E-state index contributed by atoms with van der Waals surface area (Å²) in [6.45, 7) is 12.1. The van der Waals surface area contributed by atoms with Crippen LogP contribution in [0.2, 0.25) is 0 Å². The van der Waals surface area contributed by atoms with Crippen LogP contribution in [0, 0.1) is 5.92 Å². The van der Waals surface area contributed by atoms with E-state index >= 15 is 0 Å². The monoisotopic (exact) mass is 499 g/mol. The first-order valence-electron chi connectivity index (χ1n) is 12.8. The van der Waals surface area contributed by atoms with E-state index in [0.717, 1.165) is 62.4 Å². The van der Waals surface area contributed by atoms with Crippen LogP contribution in [0.1, 0.15) is 54.9 Å². The number of benzene rings is 1. The SMILES string of the molecule is CCOC(=O)c1c(NC(=O)[C@@H](C)N2CCN(c3ccccc3OCC)CC2)sc2c1CC[C@H](C)C2. The number of carbonyl (C=O) groups is 2. The van der Waals surface area contributed by atoms with Crippen molar-refractivity contribution in [1.29, 1.82) is 0 Å². The summed E-state index contributed by atoms with van der Waals surface area (Å²) in [6, 6.07) is 7.82. The molecule has 0 spiro atoms. The van der Waals surface area contributed by atoms with Gasteiger partial charge in [0.1, 0.15) is 10.8 Å². The number of hydrogen-bond acceptors (Lipinski definition) is 7. The highest BCUT2D eigenvalue weighted by atomic mass is 32.1. The number of esters is 1. The third-order valence-corrected chi connectivity index (χ3v) is 8.14. The molecule has 7 nitrogen and oxygen atoms in total. The van der Waals surface area contributed by atoms with Gasteiger partial charge in [0.25, 0.3) is 0 Å². The maximum atomic E-state index is 13.3. The number of rotatable bonds is 8. The summed E-state index contributed by atoms with van der Waals surface area (Å²) in [5, 5.41) is 3.73. The third-order valence-electron chi connectivity index (χ3n) is 6.98. The Morgan fingerprint density at radius 2 is 1.89 bits per heavy atom. The van der Waals surface area contributed by atoms with Gasteiger partial charge in [0.05, 0.1) is 30.5 Å². The number of anilines is 2. The van der Waals surface area contributed by atoms with Crippen LogP contribution in [0.25, 0.3) is 0 Å². The summed E-state index contributed by atoms with van der Waals surface area (Å²) in [6.07, 6.45) is 2.86. The van der Waals surface area contributed by atoms with Crippen LogP contribution in [-0.2, 0) is 22.4 Å². The Kier molecular flexibility index (Phi) is 8.34. The van der Waals surface area contributed by atoms with E-state index < -0.39 is 0 Å². The highest BCUT2D eigenvalue weighted by molar-refractivity contribution is 7.17. The van der Waals surface area contributed by atoms with Gasteiger partial charge in [0, 0.05) is 31.1 Å². The van der Waals surface area contributed by atoms with Gasteiger partial charge in [-0.1, -0.05) is 19.1 Å². The van der Waals surface area contributed by atoms with Crippen molar-refractivity contribution in [3.8, 4) is 5.75 Å². The van der Waals surface area contributed by atoms with Gasteiger partial charge < -0.3 is 19.7 Å². The summed E-state index contributed by atoms with van der Waals surface area (Å²) in [7, 11) is 0. The van der Waals surface area contributed by atoms with Crippen LogP contribution in [-0.4, -0.2) is 62.2 Å². The molecule has 35 heavy (non-hydrogen) atoms. The lowest BCUT2D eigenvalue weighted by Crippen LogP contribution is -2.52. The van der Waals surface area contributed by atoms with Crippen molar-refractivity contribution in [3.63, 3.8) is 0 Å². The maximum absolute atomic E-state index is 13.3. The largest absolute Gasteiger partial charge is 0.492 e. The van der Waals surface area contributed by atoms with Gasteiger partial charge in [-0.05, 0) is 63.6 Å². The number of carbonyl (C=O) groups excluding carboxylic acids is 2. The number of nitrogens with zero attached hydrogens (tertiary/aromatic N) is 2. The molecule has 2 atom stereocenters. The van der Waals surface area contributed by atoms with Crippen molar-refractivity contribution in [2.45, 2.75) is 53.0 Å². The van der Waals surface area contributed by atoms with E-state index in [2.05, 4.69) is 28.1 Å². The summed E-state index contributed by atoms with van der Waals surface area (Å²) in [4.78, 5) is 31.8. The van der Waals surface area contributed by atoms with E-state index in [-0.39, 0.29) is 17.9 Å². The molecule has 1 aliphatic carbocycles. The average Bonchev–Trinajstić information content (AvgIpc) is 3.21. The van der Waals surface area contributed by atoms with Gasteiger partial charge in [-0.25, -0.2) is 4.79 Å². The summed E-state index contributed by atoms with van der Waals surface area (Å²) >= 11 is 1.54. The molecule has 2 heterocycles. The Hall–Kier alpha value is -2.58. The Bertz CT molecular complexity index is 1050. The summed E-state index contributed by atoms with van der Waals surface area (Å²) in [5.41, 5.74) is 2.73. The zero-order valence-electron chi connectivity index (χ0n) is 21.3. The van der Waals surface area contributed by atoms with Crippen molar-refractivity contribution < 1.29 is 19.1 Å². The lowest BCUT2D eigenvalue weighted by Gasteiger charge is -2.39. The molecule has 0 unspecified atom stereocenters. The number of piperazine rings is 1. The molecule has 190 valence electrons. The fraction of sp³-hybridized carbons (Fsp3) is 0.556. The standard InChI is InChI=1S/C27H37N3O4S/c1-5-33-22-10-8-7-9-21(22)30-15-13-29(14-16-30)19(4)25(31)28-26-24(27(32)34-6-2)20-12-11-18(3)17-23(20)35-26/h7-10,18-19H,5-6,11-17H2,1-4H3,(H,28,31)/t18-,19+/m0/s1. The number of fused-ring (bicyclic) bond motifs is 1. The Labute approximate surface area is 212 Å². The number of thiophene rings is 1. The Morgan fingerprint density at radius 3 is 2.60 bits per heavy atom. The van der Waals surface area contributed by atoms with Gasteiger partial charge in [0.15, 0.2) is 0 Å². The molecule has 1 aromatic carbocycles. The predicted octanol–water partition coefficient (Wildman–Crippen LogP) is 4.60. The lowest BCUT2D eigenvalue weighted by molar-refractivity contribution is -0.120. The number of hydrogen-bond donors (Lipinski definition) is 1. The second kappa shape index (κ2) is 11.4. The van der Waals surface area contributed by atoms with Gasteiger partial charge in [-0.15, -0.1) is 11.3 Å². The predicted molar refractivity (Wildman–Crippen MR) is 141 cm³/mol. The molecule has 1 N–H and O–H groups in total. The summed E-state index contributed by atoms with van der Waals surface area (Å²) < 4.78 is 11.2. The van der Waals surface area contributed by atoms with Crippen molar-refractivity contribution in [2.75, 3.05) is 49.6 Å². The molecule has 2 aromatic rings. The average molecular weight is 500 g/mol. The fourth-order valence-electron chi connectivity index (χ4n) is 4.99. The molecule has 1 amide bonds. The van der Waals surface area contributed by atoms with Crippen molar-refractivity contribution in [2.24, 2.45) is 5.92 Å². The van der Waals surface area contributed by atoms with Gasteiger partial charge in [-0.2, -0.15) is 0 Å². The van der Waals surface area contributed by atoms with Gasteiger partial charge >= 0.3 is 5.97 Å². The van der Waals surface area contributed by atoms with Crippen LogP contribution in [0.5, 0.6) is 5.75 Å². The minimum absolute atomic E-state index is 0.0784. The first kappa shape index (κ1) is 25.5. The van der Waals surface area contributed by atoms with Crippen LogP contribution in [0.3, 0.4) is 0 Å². The molecule has 1 aromatic heterocycles. The molecular formula is C27H37N3O4S. The van der Waals surface area contributed by atoms with Crippen LogP contribution in [0.4, 0.5) is 10.7 Å². The van der Waals surface area contributed by atoms with Crippen molar-refractivity contribution in [1.82, 2.24) is 4.90 Å². The van der Waals surface area contributed by atoms with Gasteiger partial charge in [0.2, 0.25) is 5.91 Å². The molecule has 2 aliphatic rings. The minimum Gasteiger partial charge on any atom is -0.492 e. The first-order valence-corrected chi connectivity index (χ1v) is 13.6. The first-order chi connectivity index (χ1) is 16.9. The molecular weight excluding hydrogens is 462 g/mol. The molecule has 0 bridgehead atoms. The van der Waals surface area contributed by atoms with Crippen LogP contribution >= 0.6 is 11.3 Å². The highest BCUT2D eigenvalue weighted by Gasteiger charge is 2.31. The number of nitrogens with one attached hydrogen (secondary N) is 1. The molecule has 1 fully saturated rings. The molecule has 8 heteroatoms. The molecule has 1 saturated heterocycles. The smallest absolute Gasteiger partial charge is 0.341 e. The molecule has 4 rings (SSSR count). The number of para-hydroxylation sites is 2. The second-order valence-electron chi connectivity index (χ2n) is 9.37. The van der Waals surface area contributed by atoms with E-state index in [1.165, 1.54) is 4.88 Å². The zero-order valence-corrected chi connectivity index (χ0v) is 22.1. The van der Waals surface area contributed by atoms with Crippen LogP contribution in [0.15, 0.2) is 24.3 Å². The maximum Gasteiger partial charge on any atom is 0.341 e. The number of ether oxygens (including phenoxy) is 2. The highest BCUT2D eigenvalue weighted by Crippen LogP contribution is 2.40. The topological polar surface area (TPSA) is 71.1 Å². The fourth-order valence-corrected chi connectivity index (χ4v) is 6.39. The molecule has 0 radical (unpaired) electrons. The molecule has 1 aliphatic heterocycles.